The van der Waals surface area contributed by atoms with Crippen LogP contribution in [0.1, 0.15) is 36.8 Å². The van der Waals surface area contributed by atoms with Crippen LogP contribution < -0.4 is 20.7 Å². The number of urea groups is 1. The van der Waals surface area contributed by atoms with Crippen LogP contribution in [0.2, 0.25) is 0 Å². The number of aryl methyl sites for hydroxylation is 2. The molecule has 0 spiro atoms. The number of carbonyl (C=O) groups is 1. The second kappa shape index (κ2) is 10.8. The Bertz CT molecular complexity index is 837. The molecule has 30 heavy (non-hydrogen) atoms. The Morgan fingerprint density at radius 1 is 1.10 bits per heavy atom. The van der Waals surface area contributed by atoms with Gasteiger partial charge in [0.1, 0.15) is 18.2 Å². The normalized spacial score (nSPS) is 18.5. The number of nitrogens with zero attached hydrogens (tertiary/aromatic N) is 2. The summed E-state index contributed by atoms with van der Waals surface area (Å²) in [6, 6.07) is 7.71. The van der Waals surface area contributed by atoms with Gasteiger partial charge in [-0.1, -0.05) is 6.07 Å². The first-order valence-electron chi connectivity index (χ1n) is 10.4. The van der Waals surface area contributed by atoms with E-state index in [-0.39, 0.29) is 18.2 Å². The number of anilines is 2. The number of nitrogens with one attached hydrogen (secondary N) is 3. The standard InChI is InChI=1S/C22H31N5O3/c1-15-4-5-18(12-16(15)2)27-22(28)26-17-6-8-19(9-7-17)30-21-13-20(24-14-25-21)23-10-11-29-3/h4-5,12-14,17,19H,6-11H2,1-3H3,(H,23,24,25)(H2,26,27,28). The van der Waals surface area contributed by atoms with E-state index in [2.05, 4.69) is 32.8 Å². The van der Waals surface area contributed by atoms with Gasteiger partial charge in [-0.25, -0.2) is 14.8 Å². The zero-order chi connectivity index (χ0) is 21.3. The van der Waals surface area contributed by atoms with Crippen molar-refractivity contribution in [3.05, 3.63) is 41.7 Å². The fourth-order valence-corrected chi connectivity index (χ4v) is 3.45. The molecule has 8 nitrogen and oxygen atoms in total. The zero-order valence-electron chi connectivity index (χ0n) is 17.9. The van der Waals surface area contributed by atoms with Gasteiger partial charge in [0.25, 0.3) is 0 Å². The summed E-state index contributed by atoms with van der Waals surface area (Å²) < 4.78 is 11.0. The van der Waals surface area contributed by atoms with Crippen LogP contribution in [0, 0.1) is 13.8 Å². The van der Waals surface area contributed by atoms with E-state index in [0.29, 0.717) is 19.0 Å². The molecule has 0 atom stereocenters. The predicted octanol–water partition coefficient (Wildman–Crippen LogP) is 3.66. The van der Waals surface area contributed by atoms with E-state index >= 15 is 0 Å². The maximum absolute atomic E-state index is 12.3. The molecule has 0 aliphatic heterocycles. The van der Waals surface area contributed by atoms with Crippen molar-refractivity contribution >= 4 is 17.5 Å². The molecule has 1 saturated carbocycles. The molecular formula is C22H31N5O3. The Morgan fingerprint density at radius 3 is 2.63 bits per heavy atom. The summed E-state index contributed by atoms with van der Waals surface area (Å²) in [5, 5.41) is 9.16. The predicted molar refractivity (Wildman–Crippen MR) is 117 cm³/mol. The Kier molecular flexibility index (Phi) is 7.84. The van der Waals surface area contributed by atoms with Gasteiger partial charge >= 0.3 is 6.03 Å². The summed E-state index contributed by atoms with van der Waals surface area (Å²) in [6.07, 6.45) is 5.06. The van der Waals surface area contributed by atoms with E-state index in [0.717, 1.165) is 42.8 Å². The maximum atomic E-state index is 12.3. The Labute approximate surface area is 177 Å². The Balaban J connectivity index is 1.42. The van der Waals surface area contributed by atoms with Gasteiger partial charge in [-0.3, -0.25) is 0 Å². The quantitative estimate of drug-likeness (QED) is 0.572. The molecule has 0 saturated heterocycles. The lowest BCUT2D eigenvalue weighted by Crippen LogP contribution is -2.41. The van der Waals surface area contributed by atoms with Crippen molar-refractivity contribution in [2.45, 2.75) is 51.7 Å². The summed E-state index contributed by atoms with van der Waals surface area (Å²) >= 11 is 0. The highest BCUT2D eigenvalue weighted by Gasteiger charge is 2.24. The highest BCUT2D eigenvalue weighted by Crippen LogP contribution is 2.24. The second-order valence-corrected chi connectivity index (χ2v) is 7.65. The summed E-state index contributed by atoms with van der Waals surface area (Å²) in [5.74, 6) is 1.28. The molecule has 2 aromatic rings. The van der Waals surface area contributed by atoms with Crippen LogP contribution in [0.25, 0.3) is 0 Å². The van der Waals surface area contributed by atoms with Crippen LogP contribution in [-0.4, -0.2) is 48.4 Å². The van der Waals surface area contributed by atoms with Crippen LogP contribution in [0.5, 0.6) is 5.88 Å². The van der Waals surface area contributed by atoms with E-state index < -0.39 is 0 Å². The van der Waals surface area contributed by atoms with Gasteiger partial charge in [0.15, 0.2) is 0 Å². The van der Waals surface area contributed by atoms with E-state index in [9.17, 15) is 4.79 Å². The second-order valence-electron chi connectivity index (χ2n) is 7.65. The number of ether oxygens (including phenoxy) is 2. The van der Waals surface area contributed by atoms with Gasteiger partial charge in [-0.15, -0.1) is 0 Å². The number of carbonyl (C=O) groups excluding carboxylic acids is 1. The van der Waals surface area contributed by atoms with Gasteiger partial charge in [0.2, 0.25) is 5.88 Å². The number of hydrogen-bond donors (Lipinski definition) is 3. The van der Waals surface area contributed by atoms with E-state index in [1.807, 2.05) is 25.1 Å². The van der Waals surface area contributed by atoms with E-state index in [4.69, 9.17) is 9.47 Å². The Hall–Kier alpha value is -2.87. The first-order chi connectivity index (χ1) is 14.5. The summed E-state index contributed by atoms with van der Waals surface area (Å²) in [5.41, 5.74) is 3.18. The first kappa shape index (κ1) is 21.8. The van der Waals surface area contributed by atoms with Gasteiger partial charge < -0.3 is 25.4 Å². The minimum Gasteiger partial charge on any atom is -0.474 e. The molecule has 1 aliphatic carbocycles. The number of hydrogen-bond acceptors (Lipinski definition) is 6. The fraction of sp³-hybridized carbons (Fsp3) is 0.500. The number of amides is 2. The molecule has 1 aromatic carbocycles. The van der Waals surface area contributed by atoms with Crippen molar-refractivity contribution in [3.63, 3.8) is 0 Å². The number of benzene rings is 1. The maximum Gasteiger partial charge on any atom is 0.319 e. The van der Waals surface area contributed by atoms with Crippen molar-refractivity contribution in [1.29, 1.82) is 0 Å². The number of aromatic nitrogens is 2. The molecule has 0 unspecified atom stereocenters. The molecule has 1 heterocycles. The third kappa shape index (κ3) is 6.59. The van der Waals surface area contributed by atoms with E-state index in [1.54, 1.807) is 13.2 Å². The third-order valence-corrected chi connectivity index (χ3v) is 5.32. The van der Waals surface area contributed by atoms with E-state index in [1.165, 1.54) is 11.9 Å². The van der Waals surface area contributed by atoms with Crippen molar-refractivity contribution in [2.24, 2.45) is 0 Å². The Morgan fingerprint density at radius 2 is 1.90 bits per heavy atom. The third-order valence-electron chi connectivity index (χ3n) is 5.32. The SMILES string of the molecule is COCCNc1cc(OC2CCC(NC(=O)Nc3ccc(C)c(C)c3)CC2)ncn1. The number of methoxy groups -OCH3 is 1. The van der Waals surface area contributed by atoms with Crippen molar-refractivity contribution in [3.8, 4) is 5.88 Å². The average Bonchev–Trinajstić information content (AvgIpc) is 2.73. The molecular weight excluding hydrogens is 382 g/mol. The van der Waals surface area contributed by atoms with Crippen LogP contribution in [0.15, 0.2) is 30.6 Å². The van der Waals surface area contributed by atoms with Gasteiger partial charge in [-0.05, 0) is 62.8 Å². The highest BCUT2D eigenvalue weighted by atomic mass is 16.5. The summed E-state index contributed by atoms with van der Waals surface area (Å²) in [6.45, 7) is 5.37. The lowest BCUT2D eigenvalue weighted by molar-refractivity contribution is 0.135. The molecule has 8 heteroatoms. The zero-order valence-corrected chi connectivity index (χ0v) is 17.9. The smallest absolute Gasteiger partial charge is 0.319 e. The van der Waals surface area contributed by atoms with Crippen LogP contribution >= 0.6 is 0 Å². The van der Waals surface area contributed by atoms with Gasteiger partial charge in [0, 0.05) is 31.5 Å². The molecule has 1 aromatic heterocycles. The fourth-order valence-electron chi connectivity index (χ4n) is 3.45. The largest absolute Gasteiger partial charge is 0.474 e. The van der Waals surface area contributed by atoms with Crippen LogP contribution in [0.4, 0.5) is 16.3 Å². The molecule has 3 rings (SSSR count). The molecule has 1 fully saturated rings. The molecule has 0 bridgehead atoms. The van der Waals surface area contributed by atoms with Gasteiger partial charge in [0.05, 0.1) is 6.61 Å². The molecule has 0 radical (unpaired) electrons. The molecule has 3 N–H and O–H groups in total. The van der Waals surface area contributed by atoms with Crippen molar-refractivity contribution in [1.82, 2.24) is 15.3 Å². The average molecular weight is 414 g/mol. The van der Waals surface area contributed by atoms with Crippen molar-refractivity contribution < 1.29 is 14.3 Å². The minimum absolute atomic E-state index is 0.0904. The van der Waals surface area contributed by atoms with Gasteiger partial charge in [-0.2, -0.15) is 0 Å². The van der Waals surface area contributed by atoms with Crippen molar-refractivity contribution in [2.75, 3.05) is 30.9 Å². The van der Waals surface area contributed by atoms with Crippen LogP contribution in [-0.2, 0) is 4.74 Å². The summed E-state index contributed by atoms with van der Waals surface area (Å²) in [4.78, 5) is 20.7. The first-order valence-corrected chi connectivity index (χ1v) is 10.4. The van der Waals surface area contributed by atoms with Crippen LogP contribution in [0.3, 0.4) is 0 Å². The monoisotopic (exact) mass is 413 g/mol. The highest BCUT2D eigenvalue weighted by molar-refractivity contribution is 5.89. The topological polar surface area (TPSA) is 97.4 Å². The molecule has 162 valence electrons. The molecule has 1 aliphatic rings. The minimum atomic E-state index is -0.162. The lowest BCUT2D eigenvalue weighted by Gasteiger charge is -2.29. The summed E-state index contributed by atoms with van der Waals surface area (Å²) in [7, 11) is 1.66. The number of rotatable bonds is 8. The molecule has 2 amide bonds. The lowest BCUT2D eigenvalue weighted by atomic mass is 9.93.